The normalized spacial score (nSPS) is 11.0. The number of carbonyl (C=O) groups is 2. The number of carbonyl (C=O) groups excluding carboxylic acids is 2. The molecule has 0 saturated carbocycles. The van der Waals surface area contributed by atoms with E-state index in [1.807, 2.05) is 13.8 Å². The van der Waals surface area contributed by atoms with E-state index in [0.29, 0.717) is 6.42 Å². The SMILES string of the molecule is CC(C)CC(=CC#N)C(=O)OC(=O)CO. The van der Waals surface area contributed by atoms with Gasteiger partial charge >= 0.3 is 11.9 Å². The van der Waals surface area contributed by atoms with E-state index < -0.39 is 18.5 Å². The summed E-state index contributed by atoms with van der Waals surface area (Å²) in [5.74, 6) is -1.72. The first-order valence-corrected chi connectivity index (χ1v) is 4.45. The number of allylic oxidation sites excluding steroid dienone is 1. The lowest BCUT2D eigenvalue weighted by Crippen LogP contribution is -2.17. The minimum Gasteiger partial charge on any atom is -0.388 e. The summed E-state index contributed by atoms with van der Waals surface area (Å²) >= 11 is 0. The maximum Gasteiger partial charge on any atom is 0.342 e. The Morgan fingerprint density at radius 1 is 1.53 bits per heavy atom. The van der Waals surface area contributed by atoms with Gasteiger partial charge in [-0.1, -0.05) is 13.8 Å². The van der Waals surface area contributed by atoms with Gasteiger partial charge in [0.25, 0.3) is 0 Å². The molecule has 0 aromatic rings. The molecule has 0 unspecified atom stereocenters. The van der Waals surface area contributed by atoms with Gasteiger partial charge in [0.2, 0.25) is 0 Å². The fraction of sp³-hybridized carbons (Fsp3) is 0.500. The van der Waals surface area contributed by atoms with Gasteiger partial charge in [-0.2, -0.15) is 5.26 Å². The van der Waals surface area contributed by atoms with Crippen molar-refractivity contribution in [2.75, 3.05) is 6.61 Å². The van der Waals surface area contributed by atoms with Crippen LogP contribution in [-0.2, 0) is 14.3 Å². The molecule has 1 N–H and O–H groups in total. The first kappa shape index (κ1) is 13.3. The molecule has 0 aromatic heterocycles. The number of rotatable bonds is 4. The van der Waals surface area contributed by atoms with Gasteiger partial charge in [0.1, 0.15) is 6.61 Å². The molecule has 0 fully saturated rings. The summed E-state index contributed by atoms with van der Waals surface area (Å²) in [6.45, 7) is 2.88. The Kier molecular flexibility index (Phi) is 5.99. The van der Waals surface area contributed by atoms with E-state index in [-0.39, 0.29) is 11.5 Å². The Labute approximate surface area is 88.0 Å². The highest BCUT2D eigenvalue weighted by Gasteiger charge is 2.16. The van der Waals surface area contributed by atoms with Crippen molar-refractivity contribution in [1.82, 2.24) is 0 Å². The second-order valence-electron chi connectivity index (χ2n) is 3.32. The standard InChI is InChI=1S/C10H13NO4/c1-7(2)5-8(3-4-11)10(14)15-9(13)6-12/h3,7,12H,5-6H2,1-2H3. The smallest absolute Gasteiger partial charge is 0.342 e. The molecule has 0 rings (SSSR count). The van der Waals surface area contributed by atoms with Crippen LogP contribution in [0.25, 0.3) is 0 Å². The lowest BCUT2D eigenvalue weighted by molar-refractivity contribution is -0.159. The average Bonchev–Trinajstić information content (AvgIpc) is 2.16. The van der Waals surface area contributed by atoms with Gasteiger partial charge in [-0.15, -0.1) is 0 Å². The number of nitriles is 1. The van der Waals surface area contributed by atoms with Crippen molar-refractivity contribution in [3.05, 3.63) is 11.6 Å². The number of hydrogen-bond acceptors (Lipinski definition) is 5. The van der Waals surface area contributed by atoms with Crippen LogP contribution in [0.3, 0.4) is 0 Å². The van der Waals surface area contributed by atoms with Gasteiger partial charge < -0.3 is 9.84 Å². The molecule has 0 aliphatic carbocycles. The molecule has 0 aromatic carbocycles. The first-order valence-electron chi connectivity index (χ1n) is 4.45. The average molecular weight is 211 g/mol. The Morgan fingerprint density at radius 3 is 2.53 bits per heavy atom. The van der Waals surface area contributed by atoms with Gasteiger partial charge in [-0.05, 0) is 12.3 Å². The number of ether oxygens (including phenoxy) is 1. The highest BCUT2D eigenvalue weighted by molar-refractivity contribution is 5.96. The molecule has 0 amide bonds. The number of nitrogens with zero attached hydrogens (tertiary/aromatic N) is 1. The van der Waals surface area contributed by atoms with Crippen molar-refractivity contribution in [2.24, 2.45) is 5.92 Å². The topological polar surface area (TPSA) is 87.4 Å². The molecule has 82 valence electrons. The molecule has 0 atom stereocenters. The zero-order valence-electron chi connectivity index (χ0n) is 8.69. The Bertz CT molecular complexity index is 312. The maximum atomic E-state index is 11.3. The molecule has 5 heteroatoms. The van der Waals surface area contributed by atoms with E-state index >= 15 is 0 Å². The van der Waals surface area contributed by atoms with Gasteiger partial charge in [-0.25, -0.2) is 9.59 Å². The third kappa shape index (κ3) is 5.60. The first-order chi connectivity index (χ1) is 7.01. The summed E-state index contributed by atoms with van der Waals surface area (Å²) in [4.78, 5) is 21.9. The van der Waals surface area contributed by atoms with Crippen LogP contribution in [0, 0.1) is 17.2 Å². The van der Waals surface area contributed by atoms with Crippen molar-refractivity contribution in [3.8, 4) is 6.07 Å². The van der Waals surface area contributed by atoms with Gasteiger partial charge in [0.05, 0.1) is 6.07 Å². The summed E-state index contributed by atoms with van der Waals surface area (Å²) in [7, 11) is 0. The molecular weight excluding hydrogens is 198 g/mol. The zero-order chi connectivity index (χ0) is 11.8. The van der Waals surface area contributed by atoms with Crippen LogP contribution in [-0.4, -0.2) is 23.7 Å². The third-order valence-corrected chi connectivity index (χ3v) is 1.46. The summed E-state index contributed by atoms with van der Waals surface area (Å²) in [5.41, 5.74) is 0.134. The number of aliphatic hydroxyl groups is 1. The second-order valence-corrected chi connectivity index (χ2v) is 3.32. The van der Waals surface area contributed by atoms with E-state index in [9.17, 15) is 9.59 Å². The van der Waals surface area contributed by atoms with E-state index in [1.165, 1.54) is 0 Å². The molecule has 0 heterocycles. The van der Waals surface area contributed by atoms with Crippen molar-refractivity contribution in [1.29, 1.82) is 5.26 Å². The fourth-order valence-electron chi connectivity index (χ4n) is 0.920. The molecule has 0 aliphatic rings. The summed E-state index contributed by atoms with van der Waals surface area (Å²) < 4.78 is 4.27. The summed E-state index contributed by atoms with van der Waals surface area (Å²) in [6, 6.07) is 1.71. The molecule has 0 aliphatic heterocycles. The minimum atomic E-state index is -1.02. The van der Waals surface area contributed by atoms with Crippen LogP contribution in [0.15, 0.2) is 11.6 Å². The maximum absolute atomic E-state index is 11.3. The van der Waals surface area contributed by atoms with Crippen LogP contribution < -0.4 is 0 Å². The molecule has 0 bridgehead atoms. The molecule has 15 heavy (non-hydrogen) atoms. The van der Waals surface area contributed by atoms with Crippen LogP contribution in [0.1, 0.15) is 20.3 Å². The van der Waals surface area contributed by atoms with Crippen LogP contribution >= 0.6 is 0 Å². The lowest BCUT2D eigenvalue weighted by atomic mass is 10.0. The lowest BCUT2D eigenvalue weighted by Gasteiger charge is -2.07. The van der Waals surface area contributed by atoms with E-state index in [1.54, 1.807) is 6.07 Å². The van der Waals surface area contributed by atoms with Gasteiger partial charge in [0.15, 0.2) is 0 Å². The van der Waals surface area contributed by atoms with Gasteiger partial charge in [0, 0.05) is 11.6 Å². The number of hydrogen-bond donors (Lipinski definition) is 1. The second kappa shape index (κ2) is 6.74. The summed E-state index contributed by atoms with van der Waals surface area (Å²) in [5, 5.41) is 16.8. The van der Waals surface area contributed by atoms with E-state index in [2.05, 4.69) is 4.74 Å². The zero-order valence-corrected chi connectivity index (χ0v) is 8.69. The predicted octanol–water partition coefficient (Wildman–Crippen LogP) is 0.545. The monoisotopic (exact) mass is 211 g/mol. The Hall–Kier alpha value is -1.67. The van der Waals surface area contributed by atoms with Gasteiger partial charge in [-0.3, -0.25) is 0 Å². The number of esters is 2. The molecule has 0 saturated heterocycles. The molecule has 0 spiro atoms. The largest absolute Gasteiger partial charge is 0.388 e. The molecular formula is C10H13NO4. The van der Waals surface area contributed by atoms with Crippen molar-refractivity contribution in [2.45, 2.75) is 20.3 Å². The number of aliphatic hydroxyl groups excluding tert-OH is 1. The van der Waals surface area contributed by atoms with E-state index in [0.717, 1.165) is 6.08 Å². The highest BCUT2D eigenvalue weighted by atomic mass is 16.6. The van der Waals surface area contributed by atoms with Crippen LogP contribution in [0.2, 0.25) is 0 Å². The molecule has 5 nitrogen and oxygen atoms in total. The molecule has 0 radical (unpaired) electrons. The Morgan fingerprint density at radius 2 is 2.13 bits per heavy atom. The van der Waals surface area contributed by atoms with Crippen LogP contribution in [0.5, 0.6) is 0 Å². The van der Waals surface area contributed by atoms with Crippen molar-refractivity contribution in [3.63, 3.8) is 0 Å². The van der Waals surface area contributed by atoms with Crippen molar-refractivity contribution >= 4 is 11.9 Å². The minimum absolute atomic E-state index is 0.134. The van der Waals surface area contributed by atoms with Crippen molar-refractivity contribution < 1.29 is 19.4 Å². The fourth-order valence-corrected chi connectivity index (χ4v) is 0.920. The quantitative estimate of drug-likeness (QED) is 0.317. The summed E-state index contributed by atoms with van der Waals surface area (Å²) in [6.07, 6.45) is 1.40. The highest BCUT2D eigenvalue weighted by Crippen LogP contribution is 2.12. The third-order valence-electron chi connectivity index (χ3n) is 1.46. The van der Waals surface area contributed by atoms with E-state index in [4.69, 9.17) is 10.4 Å². The Balaban J connectivity index is 4.52. The van der Waals surface area contributed by atoms with Crippen LogP contribution in [0.4, 0.5) is 0 Å². The predicted molar refractivity (Wildman–Crippen MR) is 51.3 cm³/mol.